The lowest BCUT2D eigenvalue weighted by Gasteiger charge is -2.05. The highest BCUT2D eigenvalue weighted by molar-refractivity contribution is 7.93. The molecule has 96 valence electrons. The number of aromatic nitrogens is 1. The second-order valence-corrected chi connectivity index (χ2v) is 6.96. The summed E-state index contributed by atoms with van der Waals surface area (Å²) < 4.78 is 26.7. The van der Waals surface area contributed by atoms with E-state index in [9.17, 15) is 8.42 Å². The topological polar surface area (TPSA) is 59.1 Å². The second kappa shape index (κ2) is 4.70. The summed E-state index contributed by atoms with van der Waals surface area (Å²) in [5, 5.41) is 0.408. The fraction of sp³-hybridized carbons (Fsp3) is 0.250. The maximum atomic E-state index is 12.1. The molecule has 0 aliphatic carbocycles. The highest BCUT2D eigenvalue weighted by Gasteiger charge is 2.16. The first kappa shape index (κ1) is 13.0. The zero-order valence-electron chi connectivity index (χ0n) is 10.4. The lowest BCUT2D eigenvalue weighted by molar-refractivity contribution is 0.601. The molecule has 0 aliphatic rings. The maximum Gasteiger partial charge on any atom is 0.263 e. The van der Waals surface area contributed by atoms with Gasteiger partial charge in [-0.1, -0.05) is 17.7 Å². The van der Waals surface area contributed by atoms with Crippen molar-refractivity contribution in [3.8, 4) is 0 Å². The van der Waals surface area contributed by atoms with Crippen LogP contribution in [0.5, 0.6) is 0 Å². The van der Waals surface area contributed by atoms with Crippen LogP contribution < -0.4 is 4.72 Å². The molecule has 0 spiro atoms. The van der Waals surface area contributed by atoms with Gasteiger partial charge in [-0.25, -0.2) is 13.4 Å². The molecule has 0 saturated heterocycles. The highest BCUT2D eigenvalue weighted by Crippen LogP contribution is 2.24. The van der Waals surface area contributed by atoms with Crippen LogP contribution in [0.2, 0.25) is 0 Å². The Labute approximate surface area is 111 Å². The Balaban J connectivity index is 2.29. The van der Waals surface area contributed by atoms with Crippen LogP contribution in [0.1, 0.15) is 16.1 Å². The summed E-state index contributed by atoms with van der Waals surface area (Å²) >= 11 is 1.34. The monoisotopic (exact) mass is 282 g/mol. The summed E-state index contributed by atoms with van der Waals surface area (Å²) in [7, 11) is -3.54. The molecule has 2 aromatic rings. The van der Waals surface area contributed by atoms with Crippen molar-refractivity contribution in [1.82, 2.24) is 4.98 Å². The van der Waals surface area contributed by atoms with Gasteiger partial charge in [0.1, 0.15) is 0 Å². The van der Waals surface area contributed by atoms with Crippen molar-refractivity contribution in [2.75, 3.05) is 4.72 Å². The molecule has 0 atom stereocenters. The Bertz CT molecular complexity index is 638. The van der Waals surface area contributed by atoms with Gasteiger partial charge in [0.25, 0.3) is 10.0 Å². The summed E-state index contributed by atoms with van der Waals surface area (Å²) in [5.41, 5.74) is 1.87. The van der Waals surface area contributed by atoms with E-state index in [-0.39, 0.29) is 4.90 Å². The van der Waals surface area contributed by atoms with Gasteiger partial charge in [0.05, 0.1) is 10.6 Å². The van der Waals surface area contributed by atoms with Crippen LogP contribution in [0.15, 0.2) is 29.2 Å². The fourth-order valence-corrected chi connectivity index (χ4v) is 3.46. The van der Waals surface area contributed by atoms with Gasteiger partial charge >= 0.3 is 0 Å². The summed E-state index contributed by atoms with van der Waals surface area (Å²) in [4.78, 5) is 5.43. The molecule has 0 amide bonds. The third-order valence-electron chi connectivity index (χ3n) is 2.58. The van der Waals surface area contributed by atoms with Gasteiger partial charge < -0.3 is 0 Å². The number of hydrogen-bond donors (Lipinski definition) is 1. The Morgan fingerprint density at radius 2 is 1.72 bits per heavy atom. The first-order chi connectivity index (χ1) is 8.38. The number of aryl methyl sites for hydroxylation is 3. The predicted octanol–water partition coefficient (Wildman–Crippen LogP) is 2.87. The number of nitrogens with zero attached hydrogens (tertiary/aromatic N) is 1. The first-order valence-electron chi connectivity index (χ1n) is 5.42. The lowest BCUT2D eigenvalue weighted by Crippen LogP contribution is -2.12. The molecule has 0 unspecified atom stereocenters. The molecule has 1 aromatic carbocycles. The van der Waals surface area contributed by atoms with Crippen LogP contribution >= 0.6 is 11.3 Å². The minimum atomic E-state index is -3.54. The first-order valence-corrected chi connectivity index (χ1v) is 7.72. The zero-order valence-corrected chi connectivity index (χ0v) is 12.0. The lowest BCUT2D eigenvalue weighted by atomic mass is 10.2. The molecule has 0 saturated carbocycles. The minimum absolute atomic E-state index is 0.249. The number of hydrogen-bond acceptors (Lipinski definition) is 4. The molecular weight excluding hydrogens is 268 g/mol. The van der Waals surface area contributed by atoms with Gasteiger partial charge in [0.15, 0.2) is 5.13 Å². The fourth-order valence-electron chi connectivity index (χ4n) is 1.41. The molecule has 4 nitrogen and oxygen atoms in total. The zero-order chi connectivity index (χ0) is 13.3. The molecule has 0 aliphatic heterocycles. The van der Waals surface area contributed by atoms with Crippen LogP contribution in [0.3, 0.4) is 0 Å². The summed E-state index contributed by atoms with van der Waals surface area (Å²) in [6.45, 7) is 5.68. The van der Waals surface area contributed by atoms with E-state index >= 15 is 0 Å². The number of anilines is 1. The Hall–Kier alpha value is -1.40. The molecule has 0 bridgehead atoms. The smallest absolute Gasteiger partial charge is 0.255 e. The molecule has 1 heterocycles. The second-order valence-electron chi connectivity index (χ2n) is 4.08. The molecule has 2 rings (SSSR count). The quantitative estimate of drug-likeness (QED) is 0.941. The Morgan fingerprint density at radius 3 is 2.22 bits per heavy atom. The van der Waals surface area contributed by atoms with E-state index in [4.69, 9.17) is 0 Å². The molecule has 1 N–H and O–H groups in total. The van der Waals surface area contributed by atoms with Crippen LogP contribution in [0.25, 0.3) is 0 Å². The molecule has 6 heteroatoms. The summed E-state index contributed by atoms with van der Waals surface area (Å²) in [5.74, 6) is 0. The molecular formula is C12H14N2O2S2. The van der Waals surface area contributed by atoms with Crippen molar-refractivity contribution in [2.45, 2.75) is 25.7 Å². The molecule has 18 heavy (non-hydrogen) atoms. The largest absolute Gasteiger partial charge is 0.263 e. The molecule has 1 aromatic heterocycles. The standard InChI is InChI=1S/C12H14N2O2S2/c1-8-4-6-11(7-5-8)18(15,16)14-12-13-9(2)10(3)17-12/h4-7H,1-3H3,(H,13,14). The normalized spacial score (nSPS) is 11.5. The van der Waals surface area contributed by atoms with E-state index in [0.717, 1.165) is 16.1 Å². The Kier molecular flexibility index (Phi) is 3.41. The number of rotatable bonds is 3. The van der Waals surface area contributed by atoms with Crippen LogP contribution in [0, 0.1) is 20.8 Å². The van der Waals surface area contributed by atoms with E-state index in [1.807, 2.05) is 20.8 Å². The number of benzene rings is 1. The van der Waals surface area contributed by atoms with Gasteiger partial charge in [0.2, 0.25) is 0 Å². The highest BCUT2D eigenvalue weighted by atomic mass is 32.2. The van der Waals surface area contributed by atoms with Crippen molar-refractivity contribution < 1.29 is 8.42 Å². The van der Waals surface area contributed by atoms with E-state index in [1.165, 1.54) is 11.3 Å². The third-order valence-corrected chi connectivity index (χ3v) is 5.05. The average Bonchev–Trinajstić information content (AvgIpc) is 2.57. The van der Waals surface area contributed by atoms with Gasteiger partial charge in [-0.05, 0) is 32.9 Å². The average molecular weight is 282 g/mol. The summed E-state index contributed by atoms with van der Waals surface area (Å²) in [6, 6.07) is 6.72. The van der Waals surface area contributed by atoms with Crippen LogP contribution in [0.4, 0.5) is 5.13 Å². The van der Waals surface area contributed by atoms with Crippen molar-refractivity contribution in [2.24, 2.45) is 0 Å². The van der Waals surface area contributed by atoms with E-state index < -0.39 is 10.0 Å². The van der Waals surface area contributed by atoms with Crippen molar-refractivity contribution in [1.29, 1.82) is 0 Å². The van der Waals surface area contributed by atoms with Gasteiger partial charge in [0, 0.05) is 4.88 Å². The van der Waals surface area contributed by atoms with Crippen molar-refractivity contribution >= 4 is 26.5 Å². The maximum absolute atomic E-state index is 12.1. The van der Waals surface area contributed by atoms with Crippen molar-refractivity contribution in [3.63, 3.8) is 0 Å². The van der Waals surface area contributed by atoms with E-state index in [0.29, 0.717) is 5.13 Å². The van der Waals surface area contributed by atoms with E-state index in [1.54, 1.807) is 24.3 Å². The molecule has 0 radical (unpaired) electrons. The molecule has 0 fully saturated rings. The summed E-state index contributed by atoms with van der Waals surface area (Å²) in [6.07, 6.45) is 0. The minimum Gasteiger partial charge on any atom is -0.255 e. The van der Waals surface area contributed by atoms with Gasteiger partial charge in [-0.3, -0.25) is 4.72 Å². The van der Waals surface area contributed by atoms with Crippen LogP contribution in [-0.4, -0.2) is 13.4 Å². The van der Waals surface area contributed by atoms with E-state index in [2.05, 4.69) is 9.71 Å². The number of sulfonamides is 1. The third kappa shape index (κ3) is 2.70. The Morgan fingerprint density at radius 1 is 1.11 bits per heavy atom. The van der Waals surface area contributed by atoms with Gasteiger partial charge in [-0.15, -0.1) is 11.3 Å². The van der Waals surface area contributed by atoms with Crippen LogP contribution in [-0.2, 0) is 10.0 Å². The number of thiazole rings is 1. The van der Waals surface area contributed by atoms with Gasteiger partial charge in [-0.2, -0.15) is 0 Å². The van der Waals surface area contributed by atoms with Crippen molar-refractivity contribution in [3.05, 3.63) is 40.4 Å². The SMILES string of the molecule is Cc1ccc(S(=O)(=O)Nc2nc(C)c(C)s2)cc1. The predicted molar refractivity (Wildman–Crippen MR) is 73.6 cm³/mol. The number of nitrogens with one attached hydrogen (secondary N) is 1.